The molecule has 4 heterocycles. The molecule has 0 bridgehead atoms. The van der Waals surface area contributed by atoms with Crippen LogP contribution in [0.3, 0.4) is 0 Å². The van der Waals surface area contributed by atoms with Crippen molar-refractivity contribution >= 4 is 16.9 Å². The lowest BCUT2D eigenvalue weighted by Crippen LogP contribution is -2.14. The van der Waals surface area contributed by atoms with E-state index in [1.165, 1.54) is 6.20 Å². The highest BCUT2D eigenvalue weighted by molar-refractivity contribution is 5.74. The fourth-order valence-electron chi connectivity index (χ4n) is 3.09. The molecule has 0 unspecified atom stereocenters. The zero-order valence-corrected chi connectivity index (χ0v) is 16.5. The summed E-state index contributed by atoms with van der Waals surface area (Å²) < 4.78 is 3.55. The topological polar surface area (TPSA) is 110 Å². The van der Waals surface area contributed by atoms with Crippen molar-refractivity contribution in [1.29, 1.82) is 5.26 Å². The van der Waals surface area contributed by atoms with Gasteiger partial charge >= 0.3 is 0 Å². The van der Waals surface area contributed by atoms with Crippen LogP contribution in [0.4, 0.5) is 5.69 Å². The minimum atomic E-state index is 0.221. The van der Waals surface area contributed by atoms with Crippen LogP contribution in [0.5, 0.6) is 0 Å². The Morgan fingerprint density at radius 2 is 2.03 bits per heavy atom. The first-order valence-electron chi connectivity index (χ1n) is 9.50. The predicted molar refractivity (Wildman–Crippen MR) is 109 cm³/mol. The number of aromatic nitrogens is 7. The van der Waals surface area contributed by atoms with Crippen LogP contribution >= 0.6 is 0 Å². The first kappa shape index (κ1) is 18.6. The van der Waals surface area contributed by atoms with Gasteiger partial charge in [-0.2, -0.15) is 5.26 Å². The molecule has 0 aliphatic rings. The van der Waals surface area contributed by atoms with Crippen LogP contribution in [0.15, 0.2) is 37.1 Å². The van der Waals surface area contributed by atoms with Crippen LogP contribution in [-0.2, 0) is 6.42 Å². The van der Waals surface area contributed by atoms with Crippen LogP contribution in [0, 0.1) is 11.3 Å². The summed E-state index contributed by atoms with van der Waals surface area (Å²) >= 11 is 0. The van der Waals surface area contributed by atoms with E-state index in [2.05, 4.69) is 57.4 Å². The molecule has 4 aromatic rings. The first-order chi connectivity index (χ1) is 14.1. The molecular weight excluding hydrogens is 366 g/mol. The molecule has 146 valence electrons. The van der Waals surface area contributed by atoms with Crippen LogP contribution < -0.4 is 5.32 Å². The maximum Gasteiger partial charge on any atom is 0.165 e. The van der Waals surface area contributed by atoms with Crippen molar-refractivity contribution in [3.63, 3.8) is 0 Å². The summed E-state index contributed by atoms with van der Waals surface area (Å²) in [6.45, 7) is 6.26. The molecule has 0 saturated heterocycles. The number of nitrogens with one attached hydrogen (secondary N) is 1. The number of hydrogen-bond acceptors (Lipinski definition) is 7. The van der Waals surface area contributed by atoms with Gasteiger partial charge in [0.05, 0.1) is 29.3 Å². The summed E-state index contributed by atoms with van der Waals surface area (Å²) in [5, 5.41) is 21.0. The highest BCUT2D eigenvalue weighted by atomic mass is 15.4. The molecular formula is C20H21N9. The minimum Gasteiger partial charge on any atom is -0.381 e. The number of nitriles is 1. The summed E-state index contributed by atoms with van der Waals surface area (Å²) in [4.78, 5) is 13.3. The summed E-state index contributed by atoms with van der Waals surface area (Å²) in [5.74, 6) is 0.672. The van der Waals surface area contributed by atoms with Gasteiger partial charge < -0.3 is 5.32 Å². The molecule has 0 aromatic carbocycles. The van der Waals surface area contributed by atoms with Crippen LogP contribution in [-0.4, -0.2) is 40.6 Å². The molecule has 4 aromatic heterocycles. The van der Waals surface area contributed by atoms with Gasteiger partial charge in [0.25, 0.3) is 0 Å². The Morgan fingerprint density at radius 1 is 1.17 bits per heavy atom. The number of hydrogen-bond donors (Lipinski definition) is 1. The third-order valence-corrected chi connectivity index (χ3v) is 4.37. The lowest BCUT2D eigenvalue weighted by Gasteiger charge is -2.15. The predicted octanol–water partition coefficient (Wildman–Crippen LogP) is 3.04. The molecule has 0 fully saturated rings. The highest BCUT2D eigenvalue weighted by Crippen LogP contribution is 2.24. The standard InChI is InChI=1S/C20H21N9/c1-4-5-15-11-29(27-26-15)18-10-22-19(7-16(18)25-13(2)3)28-12-24-17-6-14(8-21)9-23-20(17)28/h6-7,9-13H,4-5H2,1-3H3,(H,22,25). The van der Waals surface area contributed by atoms with Crippen LogP contribution in [0.2, 0.25) is 0 Å². The fraction of sp³-hybridized carbons (Fsp3) is 0.300. The van der Waals surface area contributed by atoms with Crippen molar-refractivity contribution < 1.29 is 0 Å². The summed E-state index contributed by atoms with van der Waals surface area (Å²) in [7, 11) is 0. The Hall–Kier alpha value is -3.80. The Morgan fingerprint density at radius 3 is 2.79 bits per heavy atom. The molecule has 9 heteroatoms. The molecule has 0 aliphatic heterocycles. The van der Waals surface area contributed by atoms with E-state index < -0.39 is 0 Å². The maximum absolute atomic E-state index is 9.06. The van der Waals surface area contributed by atoms with Gasteiger partial charge in [0.15, 0.2) is 5.65 Å². The second-order valence-corrected chi connectivity index (χ2v) is 7.06. The Bertz CT molecular complexity index is 1200. The largest absolute Gasteiger partial charge is 0.381 e. The van der Waals surface area contributed by atoms with E-state index in [4.69, 9.17) is 5.26 Å². The number of fused-ring (bicyclic) bond motifs is 1. The zero-order valence-electron chi connectivity index (χ0n) is 16.5. The van der Waals surface area contributed by atoms with Crippen molar-refractivity contribution in [1.82, 2.24) is 34.5 Å². The number of aryl methyl sites for hydroxylation is 1. The number of anilines is 1. The van der Waals surface area contributed by atoms with Gasteiger partial charge in [0.1, 0.15) is 29.4 Å². The number of rotatable bonds is 6. The minimum absolute atomic E-state index is 0.221. The molecule has 1 N–H and O–H groups in total. The number of pyridine rings is 2. The molecule has 0 amide bonds. The first-order valence-corrected chi connectivity index (χ1v) is 9.50. The van der Waals surface area contributed by atoms with E-state index in [9.17, 15) is 0 Å². The van der Waals surface area contributed by atoms with Gasteiger partial charge in [-0.1, -0.05) is 18.6 Å². The van der Waals surface area contributed by atoms with Crippen molar-refractivity contribution in [2.45, 2.75) is 39.7 Å². The normalized spacial score (nSPS) is 11.1. The van der Waals surface area contributed by atoms with E-state index in [1.807, 2.05) is 12.3 Å². The Balaban J connectivity index is 1.79. The molecule has 0 radical (unpaired) electrons. The van der Waals surface area contributed by atoms with E-state index in [-0.39, 0.29) is 6.04 Å². The molecule has 9 nitrogen and oxygen atoms in total. The van der Waals surface area contributed by atoms with Gasteiger partial charge in [-0.05, 0) is 26.3 Å². The van der Waals surface area contributed by atoms with Crippen molar-refractivity contribution in [3.8, 4) is 17.6 Å². The lowest BCUT2D eigenvalue weighted by molar-refractivity contribution is 0.784. The summed E-state index contributed by atoms with van der Waals surface area (Å²) in [6.07, 6.45) is 8.79. The van der Waals surface area contributed by atoms with Gasteiger partial charge in [-0.15, -0.1) is 5.10 Å². The van der Waals surface area contributed by atoms with E-state index in [1.54, 1.807) is 27.8 Å². The zero-order chi connectivity index (χ0) is 20.4. The fourth-order valence-corrected chi connectivity index (χ4v) is 3.09. The maximum atomic E-state index is 9.06. The van der Waals surface area contributed by atoms with Crippen LogP contribution in [0.1, 0.15) is 38.4 Å². The molecule has 0 aliphatic carbocycles. The van der Waals surface area contributed by atoms with Crippen molar-refractivity contribution in [2.75, 3.05) is 5.32 Å². The third-order valence-electron chi connectivity index (χ3n) is 4.37. The average Bonchev–Trinajstić information content (AvgIpc) is 3.34. The van der Waals surface area contributed by atoms with Gasteiger partial charge in [-0.3, -0.25) is 4.57 Å². The average molecular weight is 387 g/mol. The quantitative estimate of drug-likeness (QED) is 0.541. The molecule has 0 spiro atoms. The molecule has 0 saturated carbocycles. The van der Waals surface area contributed by atoms with Crippen molar-refractivity contribution in [3.05, 3.63) is 48.3 Å². The SMILES string of the molecule is CCCc1cn(-c2cnc(-n3cnc4cc(C#N)cnc43)cc2NC(C)C)nn1. The van der Waals surface area contributed by atoms with Crippen LogP contribution in [0.25, 0.3) is 22.7 Å². The number of imidazole rings is 1. The smallest absolute Gasteiger partial charge is 0.165 e. The molecule has 0 atom stereocenters. The van der Waals surface area contributed by atoms with Gasteiger partial charge in [0.2, 0.25) is 0 Å². The van der Waals surface area contributed by atoms with E-state index >= 15 is 0 Å². The Labute approximate surface area is 168 Å². The summed E-state index contributed by atoms with van der Waals surface area (Å²) in [6, 6.07) is 5.96. The molecule has 4 rings (SSSR count). The summed E-state index contributed by atoms with van der Waals surface area (Å²) in [5.41, 5.74) is 4.42. The van der Waals surface area contributed by atoms with Gasteiger partial charge in [0, 0.05) is 18.3 Å². The second-order valence-electron chi connectivity index (χ2n) is 7.06. The monoisotopic (exact) mass is 387 g/mol. The van der Waals surface area contributed by atoms with E-state index in [0.717, 1.165) is 29.9 Å². The third kappa shape index (κ3) is 3.65. The Kier molecular flexibility index (Phi) is 4.91. The highest BCUT2D eigenvalue weighted by Gasteiger charge is 2.14. The van der Waals surface area contributed by atoms with E-state index in [0.29, 0.717) is 22.5 Å². The number of nitrogens with zero attached hydrogens (tertiary/aromatic N) is 8. The van der Waals surface area contributed by atoms with Gasteiger partial charge in [-0.25, -0.2) is 19.6 Å². The second kappa shape index (κ2) is 7.67. The lowest BCUT2D eigenvalue weighted by atomic mass is 10.2. The van der Waals surface area contributed by atoms with Crippen molar-refractivity contribution in [2.24, 2.45) is 0 Å². The molecule has 29 heavy (non-hydrogen) atoms.